The second-order valence-corrected chi connectivity index (χ2v) is 3.99. The van der Waals surface area contributed by atoms with E-state index in [0.29, 0.717) is 0 Å². The number of aliphatic hydroxyl groups excluding tert-OH is 2. The van der Waals surface area contributed by atoms with Gasteiger partial charge in [0.25, 0.3) is 0 Å². The first kappa shape index (κ1) is 11.2. The third-order valence-corrected chi connectivity index (χ3v) is 2.83. The zero-order valence-electron chi connectivity index (χ0n) is 9.26. The Hall–Kier alpha value is -1.32. The Kier molecular flexibility index (Phi) is 3.59. The van der Waals surface area contributed by atoms with Crippen LogP contribution in [0.4, 0.5) is 0 Å². The van der Waals surface area contributed by atoms with Crippen molar-refractivity contribution >= 4 is 10.9 Å². The van der Waals surface area contributed by atoms with Gasteiger partial charge in [0, 0.05) is 24.9 Å². The van der Waals surface area contributed by atoms with Crippen LogP contribution in [0.2, 0.25) is 0 Å². The zero-order valence-corrected chi connectivity index (χ0v) is 9.26. The first-order valence-corrected chi connectivity index (χ1v) is 5.64. The summed E-state index contributed by atoms with van der Waals surface area (Å²) in [6.07, 6.45) is 3.87. The van der Waals surface area contributed by atoms with E-state index >= 15 is 0 Å². The van der Waals surface area contributed by atoms with E-state index in [-0.39, 0.29) is 13.2 Å². The molecule has 0 radical (unpaired) electrons. The molecule has 0 unspecified atom stereocenters. The van der Waals surface area contributed by atoms with Crippen molar-refractivity contribution in [3.63, 3.8) is 0 Å². The molecule has 0 aliphatic heterocycles. The fourth-order valence-corrected chi connectivity index (χ4v) is 1.92. The van der Waals surface area contributed by atoms with Gasteiger partial charge in [-0.25, -0.2) is 0 Å². The van der Waals surface area contributed by atoms with E-state index in [1.807, 2.05) is 18.2 Å². The van der Waals surface area contributed by atoms with E-state index in [1.165, 1.54) is 5.39 Å². The number of aromatic nitrogens is 1. The largest absolute Gasteiger partial charge is 0.396 e. The molecule has 0 saturated heterocycles. The average molecular weight is 219 g/mol. The van der Waals surface area contributed by atoms with Crippen LogP contribution in [0.5, 0.6) is 0 Å². The fourth-order valence-electron chi connectivity index (χ4n) is 1.92. The fraction of sp³-hybridized carbons (Fsp3) is 0.385. The van der Waals surface area contributed by atoms with Gasteiger partial charge >= 0.3 is 0 Å². The SMILES string of the molecule is OCCCCn1ccc2ccc(CO)cc21. The Balaban J connectivity index is 2.24. The van der Waals surface area contributed by atoms with Crippen LogP contribution in [0.15, 0.2) is 30.5 Å². The lowest BCUT2D eigenvalue weighted by atomic mass is 10.2. The van der Waals surface area contributed by atoms with E-state index < -0.39 is 0 Å². The molecule has 0 saturated carbocycles. The van der Waals surface area contributed by atoms with Crippen molar-refractivity contribution in [3.8, 4) is 0 Å². The normalized spacial score (nSPS) is 11.1. The number of fused-ring (bicyclic) bond motifs is 1. The summed E-state index contributed by atoms with van der Waals surface area (Å²) in [4.78, 5) is 0. The van der Waals surface area contributed by atoms with Crippen LogP contribution in [0, 0.1) is 0 Å². The monoisotopic (exact) mass is 219 g/mol. The number of hydrogen-bond acceptors (Lipinski definition) is 2. The van der Waals surface area contributed by atoms with Gasteiger partial charge in [-0.05, 0) is 35.9 Å². The molecule has 1 heterocycles. The topological polar surface area (TPSA) is 45.4 Å². The molecular weight excluding hydrogens is 202 g/mol. The van der Waals surface area contributed by atoms with Crippen LogP contribution < -0.4 is 0 Å². The molecule has 3 heteroatoms. The molecule has 2 N–H and O–H groups in total. The van der Waals surface area contributed by atoms with E-state index in [4.69, 9.17) is 10.2 Å². The molecule has 0 spiro atoms. The summed E-state index contributed by atoms with van der Waals surface area (Å²) in [6.45, 7) is 1.25. The van der Waals surface area contributed by atoms with Crippen molar-refractivity contribution in [3.05, 3.63) is 36.0 Å². The first-order valence-electron chi connectivity index (χ1n) is 5.64. The minimum Gasteiger partial charge on any atom is -0.396 e. The number of unbranched alkanes of at least 4 members (excludes halogenated alkanes) is 1. The van der Waals surface area contributed by atoms with Crippen molar-refractivity contribution in [2.24, 2.45) is 0 Å². The Bertz CT molecular complexity index is 462. The van der Waals surface area contributed by atoms with Crippen LogP contribution >= 0.6 is 0 Å². The van der Waals surface area contributed by atoms with Crippen molar-refractivity contribution < 1.29 is 10.2 Å². The Labute approximate surface area is 94.9 Å². The van der Waals surface area contributed by atoms with Gasteiger partial charge in [-0.2, -0.15) is 0 Å². The number of aliphatic hydroxyl groups is 2. The van der Waals surface area contributed by atoms with Gasteiger partial charge in [0.05, 0.1) is 6.61 Å². The highest BCUT2D eigenvalue weighted by Gasteiger charge is 2.01. The van der Waals surface area contributed by atoms with Crippen molar-refractivity contribution in [1.29, 1.82) is 0 Å². The Morgan fingerprint density at radius 1 is 1.06 bits per heavy atom. The zero-order chi connectivity index (χ0) is 11.4. The highest BCUT2D eigenvalue weighted by Crippen LogP contribution is 2.18. The van der Waals surface area contributed by atoms with Gasteiger partial charge in [0.1, 0.15) is 0 Å². The molecule has 0 bridgehead atoms. The van der Waals surface area contributed by atoms with Gasteiger partial charge in [0.15, 0.2) is 0 Å². The van der Waals surface area contributed by atoms with Crippen molar-refractivity contribution in [2.75, 3.05) is 6.61 Å². The number of rotatable bonds is 5. The van der Waals surface area contributed by atoms with Gasteiger partial charge in [-0.15, -0.1) is 0 Å². The summed E-state index contributed by atoms with van der Waals surface area (Å²) in [5, 5.41) is 19.0. The van der Waals surface area contributed by atoms with E-state index in [1.54, 1.807) is 0 Å². The molecule has 0 atom stereocenters. The third kappa shape index (κ3) is 2.26. The van der Waals surface area contributed by atoms with Crippen LogP contribution in [0.1, 0.15) is 18.4 Å². The quantitative estimate of drug-likeness (QED) is 0.754. The van der Waals surface area contributed by atoms with Gasteiger partial charge in [-0.1, -0.05) is 12.1 Å². The Morgan fingerprint density at radius 2 is 1.94 bits per heavy atom. The first-order chi connectivity index (χ1) is 7.85. The highest BCUT2D eigenvalue weighted by atomic mass is 16.3. The molecule has 16 heavy (non-hydrogen) atoms. The maximum absolute atomic E-state index is 9.10. The lowest BCUT2D eigenvalue weighted by molar-refractivity contribution is 0.281. The van der Waals surface area contributed by atoms with Crippen LogP contribution in [-0.2, 0) is 13.2 Å². The summed E-state index contributed by atoms with van der Waals surface area (Å²) in [6, 6.07) is 8.08. The number of hydrogen-bond donors (Lipinski definition) is 2. The third-order valence-electron chi connectivity index (χ3n) is 2.83. The van der Waals surface area contributed by atoms with Gasteiger partial charge in [0.2, 0.25) is 0 Å². The summed E-state index contributed by atoms with van der Waals surface area (Å²) in [7, 11) is 0. The number of benzene rings is 1. The molecule has 2 rings (SSSR count). The summed E-state index contributed by atoms with van der Waals surface area (Å²) in [5.41, 5.74) is 2.10. The summed E-state index contributed by atoms with van der Waals surface area (Å²) in [5.74, 6) is 0. The predicted molar refractivity (Wildman–Crippen MR) is 64.2 cm³/mol. The minimum absolute atomic E-state index is 0.0811. The van der Waals surface area contributed by atoms with Crippen molar-refractivity contribution in [2.45, 2.75) is 26.0 Å². The maximum Gasteiger partial charge on any atom is 0.0682 e. The lowest BCUT2D eigenvalue weighted by Crippen LogP contribution is -1.97. The lowest BCUT2D eigenvalue weighted by Gasteiger charge is -2.05. The molecule has 0 aliphatic carbocycles. The van der Waals surface area contributed by atoms with Gasteiger partial charge in [-0.3, -0.25) is 0 Å². The number of nitrogens with zero attached hydrogens (tertiary/aromatic N) is 1. The standard InChI is InChI=1S/C13H17NO2/c15-8-2-1-6-14-7-5-12-4-3-11(10-16)9-13(12)14/h3-5,7,9,15-16H,1-2,6,8,10H2. The number of aryl methyl sites for hydroxylation is 1. The minimum atomic E-state index is 0.0811. The van der Waals surface area contributed by atoms with Crippen molar-refractivity contribution in [1.82, 2.24) is 4.57 Å². The smallest absolute Gasteiger partial charge is 0.0682 e. The summed E-state index contributed by atoms with van der Waals surface area (Å²) < 4.78 is 2.17. The van der Waals surface area contributed by atoms with E-state index in [2.05, 4.69) is 16.8 Å². The Morgan fingerprint density at radius 3 is 2.69 bits per heavy atom. The molecule has 0 fully saturated rings. The summed E-state index contributed by atoms with van der Waals surface area (Å²) >= 11 is 0. The molecular formula is C13H17NO2. The second kappa shape index (κ2) is 5.14. The second-order valence-electron chi connectivity index (χ2n) is 3.99. The molecule has 1 aromatic carbocycles. The predicted octanol–water partition coefficient (Wildman–Crippen LogP) is 1.91. The molecule has 0 amide bonds. The average Bonchev–Trinajstić information content (AvgIpc) is 2.72. The molecule has 86 valence electrons. The van der Waals surface area contributed by atoms with E-state index in [0.717, 1.165) is 30.5 Å². The van der Waals surface area contributed by atoms with Crippen LogP contribution in [0.25, 0.3) is 10.9 Å². The molecule has 0 aliphatic rings. The van der Waals surface area contributed by atoms with Gasteiger partial charge < -0.3 is 14.8 Å². The van der Waals surface area contributed by atoms with Crippen LogP contribution in [-0.4, -0.2) is 21.4 Å². The van der Waals surface area contributed by atoms with E-state index in [9.17, 15) is 0 Å². The molecule has 3 nitrogen and oxygen atoms in total. The molecule has 2 aromatic rings. The highest BCUT2D eigenvalue weighted by molar-refractivity contribution is 5.80. The maximum atomic E-state index is 9.10. The van der Waals surface area contributed by atoms with Crippen LogP contribution in [0.3, 0.4) is 0 Å². The molecule has 1 aromatic heterocycles.